The molecular weight excluding hydrogens is 224 g/mol. The second-order valence-electron chi connectivity index (χ2n) is 3.23. The minimum atomic E-state index is -1.22. The van der Waals surface area contributed by atoms with Crippen LogP contribution in [0.2, 0.25) is 0 Å². The van der Waals surface area contributed by atoms with Gasteiger partial charge in [0.25, 0.3) is 5.91 Å². The van der Waals surface area contributed by atoms with Gasteiger partial charge in [-0.3, -0.25) is 14.8 Å². The Bertz CT molecular complexity index is 544. The molecule has 16 heavy (non-hydrogen) atoms. The van der Waals surface area contributed by atoms with Crippen molar-refractivity contribution in [1.82, 2.24) is 4.57 Å². The lowest BCUT2D eigenvalue weighted by Crippen LogP contribution is -2.26. The quantitative estimate of drug-likeness (QED) is 0.825. The number of hydrogen-bond donors (Lipinski definition) is 2. The van der Waals surface area contributed by atoms with E-state index in [9.17, 15) is 9.90 Å². The van der Waals surface area contributed by atoms with E-state index in [0.717, 1.165) is 15.9 Å². The summed E-state index contributed by atoms with van der Waals surface area (Å²) in [4.78, 5) is 11.9. The maximum Gasteiger partial charge on any atom is 0.266 e. The van der Waals surface area contributed by atoms with E-state index in [0.29, 0.717) is 5.56 Å². The number of thiazole rings is 1. The largest absolute Gasteiger partial charge is 0.378 e. The Hall–Kier alpha value is -1.72. The Kier molecular flexibility index (Phi) is 2.98. The zero-order valence-electron chi connectivity index (χ0n) is 8.33. The first-order chi connectivity index (χ1) is 7.70. The number of nitrogens with one attached hydrogen (secondary N) is 1. The van der Waals surface area contributed by atoms with Crippen LogP contribution in [0.1, 0.15) is 16.5 Å². The van der Waals surface area contributed by atoms with E-state index >= 15 is 0 Å². The molecule has 1 unspecified atom stereocenters. The molecule has 5 heteroatoms. The van der Waals surface area contributed by atoms with Crippen LogP contribution >= 0.6 is 11.3 Å². The standard InChI is InChI=1S/C11H10N2O2S/c12-11-13(6-7-16-11)10(15)9(14)8-4-2-1-3-5-8/h1-7,9,12,14H. The van der Waals surface area contributed by atoms with Gasteiger partial charge < -0.3 is 5.11 Å². The van der Waals surface area contributed by atoms with Crippen molar-refractivity contribution in [2.45, 2.75) is 6.10 Å². The summed E-state index contributed by atoms with van der Waals surface area (Å²) in [5.41, 5.74) is 0.533. The van der Waals surface area contributed by atoms with Gasteiger partial charge in [0, 0.05) is 11.6 Å². The number of carbonyl (C=O) groups excluding carboxylic acids is 1. The Morgan fingerprint density at radius 3 is 2.62 bits per heavy atom. The summed E-state index contributed by atoms with van der Waals surface area (Å²) in [6.07, 6.45) is 0.270. The molecular formula is C11H10N2O2S. The number of aliphatic hydroxyl groups excluding tert-OH is 1. The lowest BCUT2D eigenvalue weighted by atomic mass is 10.1. The molecule has 4 nitrogen and oxygen atoms in total. The summed E-state index contributed by atoms with van der Waals surface area (Å²) in [6.45, 7) is 0. The van der Waals surface area contributed by atoms with Gasteiger partial charge in [0.1, 0.15) is 0 Å². The van der Waals surface area contributed by atoms with E-state index < -0.39 is 12.0 Å². The number of aromatic nitrogens is 1. The molecule has 0 saturated carbocycles. The lowest BCUT2D eigenvalue weighted by Gasteiger charge is -2.09. The average Bonchev–Trinajstić information content (AvgIpc) is 2.75. The zero-order chi connectivity index (χ0) is 11.5. The number of hydrogen-bond acceptors (Lipinski definition) is 4. The first-order valence-corrected chi connectivity index (χ1v) is 5.56. The third-order valence-electron chi connectivity index (χ3n) is 2.20. The highest BCUT2D eigenvalue weighted by atomic mass is 32.1. The first kappa shape index (κ1) is 10.8. The van der Waals surface area contributed by atoms with Crippen molar-refractivity contribution in [2.75, 3.05) is 0 Å². The van der Waals surface area contributed by atoms with Crippen LogP contribution < -0.4 is 4.80 Å². The summed E-state index contributed by atoms with van der Waals surface area (Å²) >= 11 is 1.14. The van der Waals surface area contributed by atoms with Crippen LogP contribution in [0.3, 0.4) is 0 Å². The molecule has 1 heterocycles. The second kappa shape index (κ2) is 4.42. The van der Waals surface area contributed by atoms with E-state index in [1.54, 1.807) is 29.6 Å². The molecule has 0 aliphatic carbocycles. The Morgan fingerprint density at radius 2 is 2.06 bits per heavy atom. The highest BCUT2D eigenvalue weighted by Gasteiger charge is 2.19. The number of benzene rings is 1. The molecule has 0 spiro atoms. The summed E-state index contributed by atoms with van der Waals surface area (Å²) < 4.78 is 1.14. The van der Waals surface area contributed by atoms with E-state index in [4.69, 9.17) is 5.41 Å². The lowest BCUT2D eigenvalue weighted by molar-refractivity contribution is 0.0650. The Balaban J connectivity index is 2.31. The minimum absolute atomic E-state index is 0.111. The van der Waals surface area contributed by atoms with E-state index in [-0.39, 0.29) is 4.80 Å². The van der Waals surface area contributed by atoms with Gasteiger partial charge in [-0.1, -0.05) is 30.3 Å². The predicted molar refractivity (Wildman–Crippen MR) is 60.2 cm³/mol. The third-order valence-corrected chi connectivity index (χ3v) is 2.87. The summed E-state index contributed by atoms with van der Waals surface area (Å²) in [5, 5.41) is 19.0. The Morgan fingerprint density at radius 1 is 1.38 bits per heavy atom. The van der Waals surface area contributed by atoms with Crippen molar-refractivity contribution in [3.8, 4) is 0 Å². The first-order valence-electron chi connectivity index (χ1n) is 4.68. The SMILES string of the molecule is N=c1sccn1C(=O)C(O)c1ccccc1. The van der Waals surface area contributed by atoms with Gasteiger partial charge in [-0.2, -0.15) is 0 Å². The van der Waals surface area contributed by atoms with Crippen molar-refractivity contribution in [3.05, 3.63) is 52.3 Å². The molecule has 2 rings (SSSR count). The summed E-state index contributed by atoms with van der Waals surface area (Å²) in [5.74, 6) is -0.502. The summed E-state index contributed by atoms with van der Waals surface area (Å²) in [7, 11) is 0. The molecule has 0 aliphatic rings. The van der Waals surface area contributed by atoms with E-state index in [1.807, 2.05) is 6.07 Å². The maximum absolute atomic E-state index is 11.8. The molecule has 0 fully saturated rings. The van der Waals surface area contributed by atoms with Crippen molar-refractivity contribution in [2.24, 2.45) is 0 Å². The smallest absolute Gasteiger partial charge is 0.266 e. The normalized spacial score (nSPS) is 12.3. The van der Waals surface area contributed by atoms with Crippen LogP contribution in [-0.4, -0.2) is 15.6 Å². The third kappa shape index (κ3) is 1.95. The molecule has 0 bridgehead atoms. The van der Waals surface area contributed by atoms with Crippen molar-refractivity contribution < 1.29 is 9.90 Å². The van der Waals surface area contributed by atoms with Crippen molar-refractivity contribution >= 4 is 17.2 Å². The van der Waals surface area contributed by atoms with E-state index in [2.05, 4.69) is 0 Å². The number of aliphatic hydroxyl groups is 1. The number of nitrogens with zero attached hydrogens (tertiary/aromatic N) is 1. The van der Waals surface area contributed by atoms with Crippen LogP contribution in [0.4, 0.5) is 0 Å². The molecule has 1 aromatic heterocycles. The molecule has 0 aliphatic heterocycles. The van der Waals surface area contributed by atoms with Gasteiger partial charge in [-0.25, -0.2) is 0 Å². The molecule has 0 saturated heterocycles. The fourth-order valence-corrected chi connectivity index (χ4v) is 1.94. The predicted octanol–water partition coefficient (Wildman–Crippen LogP) is 1.40. The topological polar surface area (TPSA) is 66.1 Å². The Labute approximate surface area is 95.9 Å². The highest BCUT2D eigenvalue weighted by Crippen LogP contribution is 2.13. The van der Waals surface area contributed by atoms with Gasteiger partial charge in [0.05, 0.1) is 0 Å². The maximum atomic E-state index is 11.8. The molecule has 0 amide bonds. The fraction of sp³-hybridized carbons (Fsp3) is 0.0909. The average molecular weight is 234 g/mol. The van der Waals surface area contributed by atoms with Crippen LogP contribution in [0.15, 0.2) is 41.9 Å². The minimum Gasteiger partial charge on any atom is -0.378 e. The van der Waals surface area contributed by atoms with Gasteiger partial charge in [0.15, 0.2) is 10.9 Å². The second-order valence-corrected chi connectivity index (χ2v) is 4.12. The highest BCUT2D eigenvalue weighted by molar-refractivity contribution is 7.07. The fourth-order valence-electron chi connectivity index (χ4n) is 1.36. The van der Waals surface area contributed by atoms with Crippen LogP contribution in [0, 0.1) is 5.41 Å². The zero-order valence-corrected chi connectivity index (χ0v) is 9.15. The molecule has 82 valence electrons. The van der Waals surface area contributed by atoms with Gasteiger partial charge in [-0.15, -0.1) is 11.3 Å². The monoisotopic (exact) mass is 234 g/mol. The summed E-state index contributed by atoms with van der Waals surface area (Å²) in [6, 6.07) is 8.68. The molecule has 1 aromatic carbocycles. The number of carbonyl (C=O) groups is 1. The molecule has 1 atom stereocenters. The van der Waals surface area contributed by atoms with Crippen LogP contribution in [-0.2, 0) is 0 Å². The molecule has 0 radical (unpaired) electrons. The van der Waals surface area contributed by atoms with Gasteiger partial charge >= 0.3 is 0 Å². The van der Waals surface area contributed by atoms with E-state index in [1.165, 1.54) is 6.20 Å². The van der Waals surface area contributed by atoms with Crippen molar-refractivity contribution in [1.29, 1.82) is 5.41 Å². The van der Waals surface area contributed by atoms with Gasteiger partial charge in [-0.05, 0) is 5.56 Å². The molecule has 2 N–H and O–H groups in total. The van der Waals surface area contributed by atoms with Gasteiger partial charge in [0.2, 0.25) is 0 Å². The van der Waals surface area contributed by atoms with Crippen LogP contribution in [0.25, 0.3) is 0 Å². The molecule has 2 aromatic rings. The van der Waals surface area contributed by atoms with Crippen LogP contribution in [0.5, 0.6) is 0 Å². The van der Waals surface area contributed by atoms with Crippen molar-refractivity contribution in [3.63, 3.8) is 0 Å². The number of rotatable bonds is 2.